The monoisotopic (exact) mass is 439 g/mol. The van der Waals surface area contributed by atoms with Crippen LogP contribution in [-0.2, 0) is 16.3 Å². The molecule has 2 aliphatic rings. The van der Waals surface area contributed by atoms with E-state index < -0.39 is 9.84 Å². The molecular formula is C21H23Cl2NO3S. The van der Waals surface area contributed by atoms with Crippen molar-refractivity contribution in [2.24, 2.45) is 0 Å². The summed E-state index contributed by atoms with van der Waals surface area (Å²) >= 11 is 12.7. The maximum Gasteiger partial charge on any atom is 0.175 e. The van der Waals surface area contributed by atoms with E-state index in [4.69, 9.17) is 27.9 Å². The van der Waals surface area contributed by atoms with Gasteiger partial charge in [0, 0.05) is 27.9 Å². The highest BCUT2D eigenvalue weighted by Gasteiger charge is 2.37. The molecule has 1 N–H and O–H groups in total. The Balaban J connectivity index is 1.63. The summed E-state index contributed by atoms with van der Waals surface area (Å²) in [6.07, 6.45) is 6.62. The van der Waals surface area contributed by atoms with Gasteiger partial charge in [-0.15, -0.1) is 0 Å². The molecule has 2 atom stereocenters. The first-order valence-corrected chi connectivity index (χ1v) is 12.2. The van der Waals surface area contributed by atoms with Crippen LogP contribution in [0.5, 0.6) is 5.75 Å². The zero-order valence-corrected chi connectivity index (χ0v) is 17.9. The summed E-state index contributed by atoms with van der Waals surface area (Å²) in [6, 6.07) is 10.8. The van der Waals surface area contributed by atoms with E-state index in [2.05, 4.69) is 5.32 Å². The smallest absolute Gasteiger partial charge is 0.175 e. The highest BCUT2D eigenvalue weighted by atomic mass is 35.5. The lowest BCUT2D eigenvalue weighted by molar-refractivity contribution is 0.160. The molecular weight excluding hydrogens is 417 g/mol. The van der Waals surface area contributed by atoms with Gasteiger partial charge in [-0.3, -0.25) is 0 Å². The van der Waals surface area contributed by atoms with Gasteiger partial charge in [0.2, 0.25) is 0 Å². The molecule has 4 rings (SSSR count). The minimum Gasteiger partial charge on any atom is -0.484 e. The van der Waals surface area contributed by atoms with Gasteiger partial charge in [-0.25, -0.2) is 8.42 Å². The number of halogens is 2. The second kappa shape index (κ2) is 7.86. The molecule has 0 aromatic heterocycles. The van der Waals surface area contributed by atoms with Gasteiger partial charge >= 0.3 is 0 Å². The number of benzene rings is 2. The number of sulfone groups is 1. The number of hydrogen-bond donors (Lipinski definition) is 1. The van der Waals surface area contributed by atoms with Crippen molar-refractivity contribution in [3.63, 3.8) is 0 Å². The Hall–Kier alpha value is -1.27. The summed E-state index contributed by atoms with van der Waals surface area (Å²) in [5.41, 5.74) is 2.07. The van der Waals surface area contributed by atoms with Crippen molar-refractivity contribution in [1.29, 1.82) is 0 Å². The summed E-state index contributed by atoms with van der Waals surface area (Å²) in [5, 5.41) is 5.01. The van der Waals surface area contributed by atoms with Gasteiger partial charge < -0.3 is 10.1 Å². The number of rotatable bonds is 5. The van der Waals surface area contributed by atoms with Crippen LogP contribution < -0.4 is 10.1 Å². The molecule has 0 bridgehead atoms. The summed E-state index contributed by atoms with van der Waals surface area (Å²) in [7, 11) is -3.24. The Labute approximate surface area is 176 Å². The first-order valence-electron chi connectivity index (χ1n) is 9.52. The standard InChI is InChI=1S/C21H23Cl2NO3S/c1-28(25,26)16-8-6-15(7-9-16)27-21-18-10-13(22)11-19(23)17(18)12-20(21)24-14-4-2-3-5-14/h6-11,14,20-21,24H,2-5,12H2,1H3/t20-,21-/m0/s1. The van der Waals surface area contributed by atoms with Crippen molar-refractivity contribution in [3.8, 4) is 5.75 Å². The van der Waals surface area contributed by atoms with E-state index in [1.165, 1.54) is 31.9 Å². The fourth-order valence-electron chi connectivity index (χ4n) is 4.24. The highest BCUT2D eigenvalue weighted by molar-refractivity contribution is 7.90. The largest absolute Gasteiger partial charge is 0.484 e. The Morgan fingerprint density at radius 3 is 2.39 bits per heavy atom. The average molecular weight is 440 g/mol. The SMILES string of the molecule is CS(=O)(=O)c1ccc(O[C@H]2c3cc(Cl)cc(Cl)c3C[C@@H]2NC2CCCC2)cc1. The molecule has 2 aliphatic carbocycles. The zero-order chi connectivity index (χ0) is 19.9. The summed E-state index contributed by atoms with van der Waals surface area (Å²) in [6.45, 7) is 0. The van der Waals surface area contributed by atoms with Gasteiger partial charge in [0.1, 0.15) is 11.9 Å². The van der Waals surface area contributed by atoms with E-state index in [9.17, 15) is 8.42 Å². The van der Waals surface area contributed by atoms with Crippen molar-refractivity contribution >= 4 is 33.0 Å². The second-order valence-corrected chi connectivity index (χ2v) is 10.6. The van der Waals surface area contributed by atoms with E-state index in [0.29, 0.717) is 21.8 Å². The van der Waals surface area contributed by atoms with Crippen LogP contribution in [0.25, 0.3) is 0 Å². The molecule has 0 spiro atoms. The van der Waals surface area contributed by atoms with Crippen LogP contribution in [0.4, 0.5) is 0 Å². The molecule has 0 radical (unpaired) electrons. The summed E-state index contributed by atoms with van der Waals surface area (Å²) in [4.78, 5) is 0.276. The van der Waals surface area contributed by atoms with Crippen LogP contribution in [0.15, 0.2) is 41.3 Å². The molecule has 150 valence electrons. The third-order valence-electron chi connectivity index (χ3n) is 5.61. The maximum atomic E-state index is 11.7. The first-order chi connectivity index (χ1) is 13.3. The van der Waals surface area contributed by atoms with Crippen molar-refractivity contribution in [2.75, 3.05) is 6.26 Å². The molecule has 0 amide bonds. The number of nitrogens with one attached hydrogen (secondary N) is 1. The fourth-order valence-corrected chi connectivity index (χ4v) is 5.45. The minimum atomic E-state index is -3.24. The molecule has 28 heavy (non-hydrogen) atoms. The lowest BCUT2D eigenvalue weighted by Crippen LogP contribution is -2.41. The molecule has 0 aliphatic heterocycles. The lowest BCUT2D eigenvalue weighted by Gasteiger charge is -2.26. The topological polar surface area (TPSA) is 55.4 Å². The fraction of sp³-hybridized carbons (Fsp3) is 0.429. The molecule has 2 aromatic carbocycles. The second-order valence-electron chi connectivity index (χ2n) is 7.70. The first kappa shape index (κ1) is 20.0. The van der Waals surface area contributed by atoms with E-state index in [1.807, 2.05) is 6.07 Å². The van der Waals surface area contributed by atoms with Crippen molar-refractivity contribution in [2.45, 2.75) is 55.2 Å². The molecule has 2 aromatic rings. The average Bonchev–Trinajstić information content (AvgIpc) is 3.25. The van der Waals surface area contributed by atoms with E-state index in [-0.39, 0.29) is 17.0 Å². The molecule has 0 saturated heterocycles. The molecule has 1 saturated carbocycles. The number of fused-ring (bicyclic) bond motifs is 1. The van der Waals surface area contributed by atoms with Crippen LogP contribution in [0, 0.1) is 0 Å². The number of hydrogen-bond acceptors (Lipinski definition) is 4. The Bertz CT molecular complexity index is 970. The van der Waals surface area contributed by atoms with Crippen LogP contribution in [0.3, 0.4) is 0 Å². The zero-order valence-electron chi connectivity index (χ0n) is 15.6. The maximum absolute atomic E-state index is 11.7. The van der Waals surface area contributed by atoms with E-state index in [0.717, 1.165) is 17.5 Å². The predicted octanol–water partition coefficient (Wildman–Crippen LogP) is 4.97. The normalized spacial score (nSPS) is 22.4. The third kappa shape index (κ3) is 4.18. The Morgan fingerprint density at radius 1 is 1.07 bits per heavy atom. The van der Waals surface area contributed by atoms with Gasteiger partial charge in [0.15, 0.2) is 9.84 Å². The van der Waals surface area contributed by atoms with Crippen molar-refractivity contribution < 1.29 is 13.2 Å². The molecule has 0 unspecified atom stereocenters. The van der Waals surface area contributed by atoms with Gasteiger partial charge in [-0.2, -0.15) is 0 Å². The summed E-state index contributed by atoms with van der Waals surface area (Å²) < 4.78 is 29.7. The van der Waals surface area contributed by atoms with Crippen molar-refractivity contribution in [1.82, 2.24) is 5.32 Å². The predicted molar refractivity (Wildman–Crippen MR) is 112 cm³/mol. The number of ether oxygens (including phenoxy) is 1. The van der Waals surface area contributed by atoms with Crippen LogP contribution >= 0.6 is 23.2 Å². The van der Waals surface area contributed by atoms with Crippen LogP contribution in [-0.4, -0.2) is 26.8 Å². The summed E-state index contributed by atoms with van der Waals surface area (Å²) in [5.74, 6) is 0.625. The van der Waals surface area contributed by atoms with Gasteiger partial charge in [-0.05, 0) is 61.2 Å². The Kier molecular flexibility index (Phi) is 5.62. The molecule has 4 nitrogen and oxygen atoms in total. The third-order valence-corrected chi connectivity index (χ3v) is 7.29. The minimum absolute atomic E-state index is 0.101. The molecule has 0 heterocycles. The van der Waals surface area contributed by atoms with Crippen LogP contribution in [0.1, 0.15) is 42.9 Å². The van der Waals surface area contributed by atoms with E-state index in [1.54, 1.807) is 30.3 Å². The van der Waals surface area contributed by atoms with Gasteiger partial charge in [-0.1, -0.05) is 36.0 Å². The van der Waals surface area contributed by atoms with E-state index >= 15 is 0 Å². The van der Waals surface area contributed by atoms with Gasteiger partial charge in [0.05, 0.1) is 10.9 Å². The lowest BCUT2D eigenvalue weighted by atomic mass is 10.1. The van der Waals surface area contributed by atoms with Gasteiger partial charge in [0.25, 0.3) is 0 Å². The quantitative estimate of drug-likeness (QED) is 0.713. The molecule has 1 fully saturated rings. The molecule has 7 heteroatoms. The Morgan fingerprint density at radius 2 is 1.75 bits per heavy atom. The van der Waals surface area contributed by atoms with Crippen LogP contribution in [0.2, 0.25) is 10.0 Å². The highest BCUT2D eigenvalue weighted by Crippen LogP contribution is 2.41. The van der Waals surface area contributed by atoms with Crippen molar-refractivity contribution in [3.05, 3.63) is 57.6 Å².